The highest BCUT2D eigenvalue weighted by atomic mass is 14.0. The molecule has 0 heteroatoms. The minimum Gasteiger partial charge on any atom is -0.0656 e. The zero-order valence-corrected chi connectivity index (χ0v) is 25.8. The third kappa shape index (κ3) is 20.4. The van der Waals surface area contributed by atoms with Crippen LogP contribution in [0.5, 0.6) is 0 Å². The van der Waals surface area contributed by atoms with Crippen LogP contribution in [-0.2, 0) is 19.3 Å². The van der Waals surface area contributed by atoms with Crippen molar-refractivity contribution in [2.75, 3.05) is 0 Å². The summed E-state index contributed by atoms with van der Waals surface area (Å²) < 4.78 is 0. The van der Waals surface area contributed by atoms with Gasteiger partial charge in [-0.1, -0.05) is 160 Å². The monoisotopic (exact) mass is 502 g/mol. The van der Waals surface area contributed by atoms with E-state index in [9.17, 15) is 0 Å². The lowest BCUT2D eigenvalue weighted by Gasteiger charge is -2.04. The number of benzene rings is 3. The van der Waals surface area contributed by atoms with Crippen LogP contribution in [0.25, 0.3) is 0 Å². The maximum atomic E-state index is 2.28. The summed E-state index contributed by atoms with van der Waals surface area (Å²) in [5, 5.41) is 0. The molecule has 3 aromatic carbocycles. The molecule has 0 atom stereocenters. The molecule has 206 valence electrons. The maximum Gasteiger partial charge on any atom is -0.0219 e. The van der Waals surface area contributed by atoms with E-state index < -0.39 is 0 Å². The SMILES string of the molecule is CC(C)CCCc1ccccc1.CC(C)CCc1ccccc1.CCC.CCc1ccc(C(C)C)cc1. The van der Waals surface area contributed by atoms with Crippen molar-refractivity contribution in [1.82, 2.24) is 0 Å². The van der Waals surface area contributed by atoms with Gasteiger partial charge in [-0.25, -0.2) is 0 Å². The molecular weight excluding hydrogens is 444 g/mol. The molecule has 0 aromatic heterocycles. The lowest BCUT2D eigenvalue weighted by Crippen LogP contribution is -1.91. The fraction of sp³-hybridized carbons (Fsp3) is 0.514. The Kier molecular flexibility index (Phi) is 21.4. The number of hydrogen-bond donors (Lipinski definition) is 0. The van der Waals surface area contributed by atoms with Gasteiger partial charge in [0.25, 0.3) is 0 Å². The largest absolute Gasteiger partial charge is 0.0656 e. The molecule has 0 heterocycles. The van der Waals surface area contributed by atoms with Gasteiger partial charge in [0.15, 0.2) is 0 Å². The summed E-state index contributed by atoms with van der Waals surface area (Å²) in [4.78, 5) is 0. The van der Waals surface area contributed by atoms with E-state index in [1.165, 1.54) is 60.8 Å². The van der Waals surface area contributed by atoms with E-state index in [4.69, 9.17) is 0 Å². The fourth-order valence-corrected chi connectivity index (χ4v) is 3.60. The van der Waals surface area contributed by atoms with Crippen LogP contribution < -0.4 is 0 Å². The molecule has 0 nitrogen and oxygen atoms in total. The second-order valence-corrected chi connectivity index (χ2v) is 11.1. The van der Waals surface area contributed by atoms with Gasteiger partial charge in [0.1, 0.15) is 0 Å². The van der Waals surface area contributed by atoms with Crippen LogP contribution in [0.3, 0.4) is 0 Å². The smallest absolute Gasteiger partial charge is 0.0219 e. The molecule has 0 unspecified atom stereocenters. The van der Waals surface area contributed by atoms with E-state index in [0.29, 0.717) is 5.92 Å². The van der Waals surface area contributed by atoms with Crippen molar-refractivity contribution in [3.63, 3.8) is 0 Å². The Bertz CT molecular complexity index is 842. The second-order valence-electron chi connectivity index (χ2n) is 11.1. The molecule has 37 heavy (non-hydrogen) atoms. The maximum absolute atomic E-state index is 2.28. The van der Waals surface area contributed by atoms with Crippen LogP contribution in [-0.4, -0.2) is 0 Å². The summed E-state index contributed by atoms with van der Waals surface area (Å²) in [7, 11) is 0. The van der Waals surface area contributed by atoms with Crippen molar-refractivity contribution < 1.29 is 0 Å². The van der Waals surface area contributed by atoms with E-state index in [0.717, 1.165) is 18.3 Å². The average molecular weight is 503 g/mol. The number of hydrogen-bond acceptors (Lipinski definition) is 0. The lowest BCUT2D eigenvalue weighted by molar-refractivity contribution is 0.556. The van der Waals surface area contributed by atoms with Gasteiger partial charge >= 0.3 is 0 Å². The topological polar surface area (TPSA) is 0 Å². The highest BCUT2D eigenvalue weighted by molar-refractivity contribution is 5.24. The van der Waals surface area contributed by atoms with Gasteiger partial charge in [0.05, 0.1) is 0 Å². The first-order chi connectivity index (χ1) is 17.7. The first kappa shape index (κ1) is 34.7. The van der Waals surface area contributed by atoms with E-state index in [-0.39, 0.29) is 0 Å². The van der Waals surface area contributed by atoms with Crippen LogP contribution in [0.4, 0.5) is 0 Å². The molecule has 3 aromatic rings. The van der Waals surface area contributed by atoms with E-state index in [1.54, 1.807) is 0 Å². The third-order valence-corrected chi connectivity index (χ3v) is 6.00. The van der Waals surface area contributed by atoms with E-state index in [1.807, 2.05) is 0 Å². The molecule has 0 aliphatic heterocycles. The molecular formula is C37H58. The quantitative estimate of drug-likeness (QED) is 0.273. The summed E-state index contributed by atoms with van der Waals surface area (Å²) >= 11 is 0. The van der Waals surface area contributed by atoms with Crippen molar-refractivity contribution in [2.24, 2.45) is 11.8 Å². The van der Waals surface area contributed by atoms with Gasteiger partial charge < -0.3 is 0 Å². The van der Waals surface area contributed by atoms with E-state index >= 15 is 0 Å². The second kappa shape index (κ2) is 22.8. The van der Waals surface area contributed by atoms with Crippen molar-refractivity contribution in [2.45, 2.75) is 113 Å². The highest BCUT2D eigenvalue weighted by Gasteiger charge is 1.97. The summed E-state index contributed by atoms with van der Waals surface area (Å²) in [5.74, 6) is 2.31. The van der Waals surface area contributed by atoms with Crippen LogP contribution >= 0.6 is 0 Å². The Morgan fingerprint density at radius 2 is 0.919 bits per heavy atom. The molecule has 0 saturated heterocycles. The molecule has 0 bridgehead atoms. The minimum absolute atomic E-state index is 0.654. The van der Waals surface area contributed by atoms with Gasteiger partial charge in [-0.15, -0.1) is 0 Å². The number of rotatable bonds is 9. The lowest BCUT2D eigenvalue weighted by atomic mass is 10.0. The molecule has 0 fully saturated rings. The standard InChI is InChI=1S/C12H18.2C11H16.C3H8/c1-11(2)7-6-10-12-8-4-3-5-9-12;1-10(2)8-9-11-6-4-3-5-7-11;1-4-10-5-7-11(8-6-10)9(2)3;1-3-2/h3-5,8-9,11H,6-7,10H2,1-2H3;3-7,10H,8-9H2,1-2H3;5-9H,4H2,1-3H3;3H2,1-2H3. The Balaban J connectivity index is 0.000000499. The van der Waals surface area contributed by atoms with Crippen molar-refractivity contribution in [1.29, 1.82) is 0 Å². The van der Waals surface area contributed by atoms with Crippen LogP contribution in [0.2, 0.25) is 0 Å². The van der Waals surface area contributed by atoms with Gasteiger partial charge in [-0.2, -0.15) is 0 Å². The Labute approximate surface area is 231 Å². The van der Waals surface area contributed by atoms with Gasteiger partial charge in [0.2, 0.25) is 0 Å². The van der Waals surface area contributed by atoms with Crippen LogP contribution in [0.15, 0.2) is 84.9 Å². The zero-order chi connectivity index (χ0) is 27.9. The molecule has 3 rings (SSSR count). The van der Waals surface area contributed by atoms with Gasteiger partial charge in [0, 0.05) is 0 Å². The summed E-state index contributed by atoms with van der Waals surface area (Å²) in [6, 6.07) is 30.3. The third-order valence-electron chi connectivity index (χ3n) is 6.00. The molecule has 0 N–H and O–H groups in total. The fourth-order valence-electron chi connectivity index (χ4n) is 3.60. The molecule has 0 spiro atoms. The first-order valence-electron chi connectivity index (χ1n) is 14.9. The van der Waals surface area contributed by atoms with E-state index in [2.05, 4.69) is 147 Å². The highest BCUT2D eigenvalue weighted by Crippen LogP contribution is 2.14. The summed E-state index contributed by atoms with van der Waals surface area (Å²) in [5.41, 5.74) is 5.79. The predicted octanol–water partition coefficient (Wildman–Crippen LogP) is 11.7. The molecule has 0 saturated carbocycles. The zero-order valence-electron chi connectivity index (χ0n) is 25.8. The number of aryl methyl sites for hydroxylation is 3. The van der Waals surface area contributed by atoms with Crippen molar-refractivity contribution in [3.05, 3.63) is 107 Å². The van der Waals surface area contributed by atoms with Crippen LogP contribution in [0.1, 0.15) is 116 Å². The Morgan fingerprint density at radius 3 is 1.30 bits per heavy atom. The summed E-state index contributed by atoms with van der Waals surface area (Å²) in [6.45, 7) is 20.0. The van der Waals surface area contributed by atoms with Gasteiger partial charge in [-0.3, -0.25) is 0 Å². The average Bonchev–Trinajstić information content (AvgIpc) is 2.90. The Morgan fingerprint density at radius 1 is 0.486 bits per heavy atom. The normalized spacial score (nSPS) is 10.2. The minimum atomic E-state index is 0.654. The molecule has 0 radical (unpaired) electrons. The van der Waals surface area contributed by atoms with Crippen molar-refractivity contribution in [3.8, 4) is 0 Å². The first-order valence-corrected chi connectivity index (χ1v) is 14.9. The molecule has 0 aliphatic carbocycles. The van der Waals surface area contributed by atoms with Gasteiger partial charge in [-0.05, 0) is 72.1 Å². The van der Waals surface area contributed by atoms with Crippen molar-refractivity contribution >= 4 is 0 Å². The molecule has 0 amide bonds. The predicted molar refractivity (Wildman–Crippen MR) is 170 cm³/mol. The van der Waals surface area contributed by atoms with Crippen LogP contribution in [0, 0.1) is 11.8 Å². The summed E-state index contributed by atoms with van der Waals surface area (Å²) in [6.07, 6.45) is 8.80. The Hall–Kier alpha value is -2.34. The molecule has 0 aliphatic rings.